The Kier molecular flexibility index (Phi) is 3.76. The van der Waals surface area contributed by atoms with E-state index < -0.39 is 0 Å². The van der Waals surface area contributed by atoms with Crippen molar-refractivity contribution in [3.8, 4) is 5.69 Å². The molecule has 21 heavy (non-hydrogen) atoms. The molecule has 5 heteroatoms. The van der Waals surface area contributed by atoms with Crippen LogP contribution in [0.15, 0.2) is 18.2 Å². The summed E-state index contributed by atoms with van der Waals surface area (Å²) in [5.74, 6) is 0.943. The largest absolute Gasteiger partial charge is 0.308 e. The number of nitrogens with zero attached hydrogens (tertiary/aromatic N) is 4. The van der Waals surface area contributed by atoms with Crippen molar-refractivity contribution < 1.29 is 0 Å². The zero-order chi connectivity index (χ0) is 14.9. The van der Waals surface area contributed by atoms with Crippen molar-refractivity contribution >= 4 is 0 Å². The fourth-order valence-electron chi connectivity index (χ4n) is 3.35. The standard InChI is InChI=1S/C16H23N5/c1-12-8-7-9-14(13(12)2)21-15(18-19-20-21)16(17-3)10-5-4-6-11-16/h7-9,17H,4-6,10-11H2,1-3H3. The molecule has 0 aliphatic heterocycles. The lowest BCUT2D eigenvalue weighted by Crippen LogP contribution is -2.44. The van der Waals surface area contributed by atoms with Gasteiger partial charge < -0.3 is 5.32 Å². The van der Waals surface area contributed by atoms with Crippen LogP contribution < -0.4 is 5.32 Å². The van der Waals surface area contributed by atoms with Gasteiger partial charge in [0.2, 0.25) is 0 Å². The molecule has 0 bridgehead atoms. The summed E-state index contributed by atoms with van der Waals surface area (Å²) in [6.07, 6.45) is 5.93. The maximum Gasteiger partial charge on any atom is 0.176 e. The predicted octanol–water partition coefficient (Wildman–Crippen LogP) is 2.66. The summed E-state index contributed by atoms with van der Waals surface area (Å²) < 4.78 is 1.92. The Morgan fingerprint density at radius 1 is 1.14 bits per heavy atom. The molecule has 1 heterocycles. The van der Waals surface area contributed by atoms with Crippen LogP contribution in [0.25, 0.3) is 5.69 Å². The van der Waals surface area contributed by atoms with Crippen molar-refractivity contribution in [1.82, 2.24) is 25.5 Å². The molecule has 0 unspecified atom stereocenters. The third kappa shape index (κ3) is 2.35. The van der Waals surface area contributed by atoms with E-state index >= 15 is 0 Å². The highest BCUT2D eigenvalue weighted by atomic mass is 15.6. The van der Waals surface area contributed by atoms with Crippen molar-refractivity contribution in [3.05, 3.63) is 35.2 Å². The predicted molar refractivity (Wildman–Crippen MR) is 82.5 cm³/mol. The van der Waals surface area contributed by atoms with Gasteiger partial charge in [-0.15, -0.1) is 5.10 Å². The Labute approximate surface area is 125 Å². The van der Waals surface area contributed by atoms with Crippen LogP contribution in [0.4, 0.5) is 0 Å². The van der Waals surface area contributed by atoms with Crippen LogP contribution in [-0.2, 0) is 5.54 Å². The van der Waals surface area contributed by atoms with Gasteiger partial charge in [0.1, 0.15) is 0 Å². The summed E-state index contributed by atoms with van der Waals surface area (Å²) in [4.78, 5) is 0. The molecule has 1 aliphatic rings. The van der Waals surface area contributed by atoms with E-state index in [1.807, 2.05) is 11.7 Å². The third-order valence-corrected chi connectivity index (χ3v) is 4.89. The molecule has 2 aromatic rings. The van der Waals surface area contributed by atoms with Gasteiger partial charge in [-0.2, -0.15) is 4.68 Å². The minimum Gasteiger partial charge on any atom is -0.308 e. The first-order valence-corrected chi connectivity index (χ1v) is 7.72. The Morgan fingerprint density at radius 2 is 1.90 bits per heavy atom. The maximum atomic E-state index is 4.37. The molecule has 0 atom stereocenters. The van der Waals surface area contributed by atoms with Crippen molar-refractivity contribution in [2.75, 3.05) is 7.05 Å². The second-order valence-corrected chi connectivity index (χ2v) is 6.03. The summed E-state index contributed by atoms with van der Waals surface area (Å²) in [5.41, 5.74) is 3.47. The Hall–Kier alpha value is -1.75. The minimum atomic E-state index is -0.0993. The molecule has 0 saturated heterocycles. The lowest BCUT2D eigenvalue weighted by Gasteiger charge is -2.35. The Morgan fingerprint density at radius 3 is 2.62 bits per heavy atom. The third-order valence-electron chi connectivity index (χ3n) is 4.89. The second kappa shape index (κ2) is 5.56. The van der Waals surface area contributed by atoms with Gasteiger partial charge in [0.05, 0.1) is 11.2 Å². The summed E-state index contributed by atoms with van der Waals surface area (Å²) in [6.45, 7) is 4.25. The molecule has 1 aromatic heterocycles. The second-order valence-electron chi connectivity index (χ2n) is 6.03. The number of aryl methyl sites for hydroxylation is 1. The van der Waals surface area contributed by atoms with E-state index in [1.165, 1.54) is 30.4 Å². The number of hydrogen-bond donors (Lipinski definition) is 1. The van der Waals surface area contributed by atoms with E-state index in [0.29, 0.717) is 0 Å². The topological polar surface area (TPSA) is 55.6 Å². The molecular weight excluding hydrogens is 262 g/mol. The van der Waals surface area contributed by atoms with Crippen LogP contribution in [0, 0.1) is 13.8 Å². The van der Waals surface area contributed by atoms with Crippen LogP contribution in [-0.4, -0.2) is 27.3 Å². The zero-order valence-electron chi connectivity index (χ0n) is 13.1. The van der Waals surface area contributed by atoms with Gasteiger partial charge in [0.15, 0.2) is 5.82 Å². The highest BCUT2D eigenvalue weighted by Crippen LogP contribution is 2.36. The normalized spacial score (nSPS) is 17.9. The van der Waals surface area contributed by atoms with Crippen molar-refractivity contribution in [1.29, 1.82) is 0 Å². The Balaban J connectivity index is 2.10. The molecule has 1 fully saturated rings. The molecule has 0 spiro atoms. The number of hydrogen-bond acceptors (Lipinski definition) is 4. The first-order valence-electron chi connectivity index (χ1n) is 7.72. The van der Waals surface area contributed by atoms with Crippen molar-refractivity contribution in [2.24, 2.45) is 0 Å². The fraction of sp³-hybridized carbons (Fsp3) is 0.562. The van der Waals surface area contributed by atoms with E-state index in [2.05, 4.69) is 52.9 Å². The Bertz CT molecular complexity index is 625. The maximum absolute atomic E-state index is 4.37. The van der Waals surface area contributed by atoms with E-state index in [9.17, 15) is 0 Å². The van der Waals surface area contributed by atoms with Crippen LogP contribution in [0.1, 0.15) is 49.1 Å². The van der Waals surface area contributed by atoms with Gasteiger partial charge in [-0.3, -0.25) is 0 Å². The molecule has 1 N–H and O–H groups in total. The molecule has 1 aliphatic carbocycles. The van der Waals surface area contributed by atoms with Crippen LogP contribution >= 0.6 is 0 Å². The quantitative estimate of drug-likeness (QED) is 0.942. The van der Waals surface area contributed by atoms with Gasteiger partial charge in [0.25, 0.3) is 0 Å². The average molecular weight is 285 g/mol. The van der Waals surface area contributed by atoms with Crippen LogP contribution in [0.3, 0.4) is 0 Å². The van der Waals surface area contributed by atoms with Gasteiger partial charge >= 0.3 is 0 Å². The number of nitrogens with one attached hydrogen (secondary N) is 1. The van der Waals surface area contributed by atoms with Crippen LogP contribution in [0.5, 0.6) is 0 Å². The molecule has 0 amide bonds. The lowest BCUT2D eigenvalue weighted by atomic mass is 9.81. The lowest BCUT2D eigenvalue weighted by molar-refractivity contribution is 0.232. The van der Waals surface area contributed by atoms with E-state index in [1.54, 1.807) is 0 Å². The smallest absolute Gasteiger partial charge is 0.176 e. The van der Waals surface area contributed by atoms with Crippen molar-refractivity contribution in [2.45, 2.75) is 51.5 Å². The first kappa shape index (κ1) is 14.2. The molecule has 112 valence electrons. The fourth-order valence-corrected chi connectivity index (χ4v) is 3.35. The number of benzene rings is 1. The summed E-state index contributed by atoms with van der Waals surface area (Å²) in [7, 11) is 2.02. The van der Waals surface area contributed by atoms with Crippen LogP contribution in [0.2, 0.25) is 0 Å². The van der Waals surface area contributed by atoms with E-state index in [-0.39, 0.29) is 5.54 Å². The van der Waals surface area contributed by atoms with Gasteiger partial charge in [-0.25, -0.2) is 0 Å². The van der Waals surface area contributed by atoms with Gasteiger partial charge in [-0.05, 0) is 61.4 Å². The highest BCUT2D eigenvalue weighted by molar-refractivity contribution is 5.44. The molecule has 0 radical (unpaired) electrons. The summed E-state index contributed by atoms with van der Waals surface area (Å²) in [6, 6.07) is 6.28. The van der Waals surface area contributed by atoms with E-state index in [4.69, 9.17) is 0 Å². The molecular formula is C16H23N5. The monoisotopic (exact) mass is 285 g/mol. The van der Waals surface area contributed by atoms with Gasteiger partial charge in [-0.1, -0.05) is 31.4 Å². The summed E-state index contributed by atoms with van der Waals surface area (Å²) >= 11 is 0. The molecule has 3 rings (SSSR count). The number of aromatic nitrogens is 4. The zero-order valence-corrected chi connectivity index (χ0v) is 13.1. The highest BCUT2D eigenvalue weighted by Gasteiger charge is 2.37. The van der Waals surface area contributed by atoms with Crippen molar-refractivity contribution in [3.63, 3.8) is 0 Å². The summed E-state index contributed by atoms with van der Waals surface area (Å²) in [5, 5.41) is 16.1. The molecule has 1 saturated carbocycles. The minimum absolute atomic E-state index is 0.0993. The molecule has 1 aromatic carbocycles. The number of tetrazole rings is 1. The number of rotatable bonds is 3. The average Bonchev–Trinajstić information content (AvgIpc) is 3.00. The van der Waals surface area contributed by atoms with Gasteiger partial charge in [0, 0.05) is 0 Å². The SMILES string of the molecule is CNC1(c2nnnn2-c2cccc(C)c2C)CCCCC1. The van der Waals surface area contributed by atoms with E-state index in [0.717, 1.165) is 24.4 Å². The first-order chi connectivity index (χ1) is 10.2. The molecule has 5 nitrogen and oxygen atoms in total.